The van der Waals surface area contributed by atoms with Crippen molar-refractivity contribution in [3.63, 3.8) is 0 Å². The second-order valence-corrected chi connectivity index (χ2v) is 6.39. The zero-order valence-corrected chi connectivity index (χ0v) is 14.0. The Morgan fingerprint density at radius 1 is 1.00 bits per heavy atom. The fourth-order valence-corrected chi connectivity index (χ4v) is 2.74. The van der Waals surface area contributed by atoms with Crippen LogP contribution < -0.4 is 4.74 Å². The van der Waals surface area contributed by atoms with Gasteiger partial charge in [0.05, 0.1) is 6.61 Å². The molecule has 0 fully saturated rings. The summed E-state index contributed by atoms with van der Waals surface area (Å²) in [4.78, 5) is 0. The Labute approximate surface area is 137 Å². The van der Waals surface area contributed by atoms with Gasteiger partial charge in [-0.15, -0.1) is 0 Å². The average Bonchev–Trinajstić information content (AvgIpc) is 2.54. The smallest absolute Gasteiger partial charge is 0.125 e. The van der Waals surface area contributed by atoms with Crippen molar-refractivity contribution in [1.82, 2.24) is 0 Å². The van der Waals surface area contributed by atoms with Crippen LogP contribution in [-0.2, 0) is 6.42 Å². The number of ether oxygens (including phenoxy) is 1. The van der Waals surface area contributed by atoms with Gasteiger partial charge in [-0.3, -0.25) is 0 Å². The Morgan fingerprint density at radius 3 is 2.13 bits per heavy atom. The molecule has 0 bridgehead atoms. The number of benzene rings is 2. The van der Waals surface area contributed by atoms with E-state index in [2.05, 4.69) is 13.8 Å². The highest BCUT2D eigenvalue weighted by atomic mass is 19.1. The van der Waals surface area contributed by atoms with Crippen molar-refractivity contribution in [3.05, 3.63) is 65.5 Å². The number of aliphatic hydroxyl groups excluding tert-OH is 1. The van der Waals surface area contributed by atoms with Crippen molar-refractivity contribution < 1.29 is 14.2 Å². The molecule has 2 atom stereocenters. The Hall–Kier alpha value is -1.87. The lowest BCUT2D eigenvalue weighted by Crippen LogP contribution is -2.35. The van der Waals surface area contributed by atoms with Crippen molar-refractivity contribution in [2.24, 2.45) is 11.8 Å². The van der Waals surface area contributed by atoms with Crippen LogP contribution in [0.15, 0.2) is 48.5 Å². The molecular formula is C20H25FO2. The van der Waals surface area contributed by atoms with E-state index in [0.717, 1.165) is 17.7 Å². The molecule has 0 heterocycles. The predicted molar refractivity (Wildman–Crippen MR) is 91.1 cm³/mol. The summed E-state index contributed by atoms with van der Waals surface area (Å²) in [5.41, 5.74) is 2.22. The standard InChI is InChI=1S/C20H25FO2/c1-14(2)19(12-16-6-8-17(21)9-7-16)20(13-22)23-18-10-4-15(3)5-11-18/h4-11,14,19-20,22H,12-13H2,1-3H3/t19-,20-/m0/s1. The fraction of sp³-hybridized carbons (Fsp3) is 0.400. The van der Waals surface area contributed by atoms with Crippen molar-refractivity contribution >= 4 is 0 Å². The second-order valence-electron chi connectivity index (χ2n) is 6.39. The summed E-state index contributed by atoms with van der Waals surface area (Å²) < 4.78 is 19.1. The first-order valence-corrected chi connectivity index (χ1v) is 8.08. The molecule has 0 aliphatic carbocycles. The normalized spacial score (nSPS) is 13.8. The third-order valence-corrected chi connectivity index (χ3v) is 4.21. The van der Waals surface area contributed by atoms with E-state index in [-0.39, 0.29) is 24.4 Å². The van der Waals surface area contributed by atoms with Crippen LogP contribution in [0.25, 0.3) is 0 Å². The largest absolute Gasteiger partial charge is 0.488 e. The number of hydrogen-bond donors (Lipinski definition) is 1. The first-order valence-electron chi connectivity index (χ1n) is 8.08. The number of aryl methyl sites for hydroxylation is 1. The third-order valence-electron chi connectivity index (χ3n) is 4.21. The first-order chi connectivity index (χ1) is 11.0. The molecule has 1 N–H and O–H groups in total. The lowest BCUT2D eigenvalue weighted by molar-refractivity contribution is 0.0484. The van der Waals surface area contributed by atoms with Gasteiger partial charge < -0.3 is 9.84 Å². The summed E-state index contributed by atoms with van der Waals surface area (Å²) >= 11 is 0. The quantitative estimate of drug-likeness (QED) is 0.821. The highest BCUT2D eigenvalue weighted by Crippen LogP contribution is 2.25. The van der Waals surface area contributed by atoms with Crippen molar-refractivity contribution in [3.8, 4) is 5.75 Å². The molecule has 0 saturated carbocycles. The monoisotopic (exact) mass is 316 g/mol. The van der Waals surface area contributed by atoms with Crippen LogP contribution in [0.3, 0.4) is 0 Å². The second kappa shape index (κ2) is 8.11. The predicted octanol–water partition coefficient (Wildman–Crippen LogP) is 4.39. The van der Waals surface area contributed by atoms with Crippen LogP contribution in [0.2, 0.25) is 0 Å². The number of aliphatic hydroxyl groups is 1. The van der Waals surface area contributed by atoms with E-state index in [9.17, 15) is 9.50 Å². The SMILES string of the molecule is Cc1ccc(O[C@@H](CO)[C@@H](Cc2ccc(F)cc2)C(C)C)cc1. The van der Waals surface area contributed by atoms with E-state index >= 15 is 0 Å². The molecule has 0 spiro atoms. The summed E-state index contributed by atoms with van der Waals surface area (Å²) in [6.45, 7) is 6.22. The molecule has 2 aromatic carbocycles. The minimum Gasteiger partial charge on any atom is -0.488 e. The zero-order valence-electron chi connectivity index (χ0n) is 14.0. The van der Waals surface area contributed by atoms with Gasteiger partial charge in [0.15, 0.2) is 0 Å². The summed E-state index contributed by atoms with van der Waals surface area (Å²) in [5.74, 6) is 1.01. The van der Waals surface area contributed by atoms with Gasteiger partial charge in [-0.1, -0.05) is 43.7 Å². The van der Waals surface area contributed by atoms with Gasteiger partial charge >= 0.3 is 0 Å². The third kappa shape index (κ3) is 5.07. The van der Waals surface area contributed by atoms with E-state index in [1.165, 1.54) is 17.7 Å². The minimum atomic E-state index is -0.289. The lowest BCUT2D eigenvalue weighted by atomic mass is 9.85. The lowest BCUT2D eigenvalue weighted by Gasteiger charge is -2.29. The van der Waals surface area contributed by atoms with Gasteiger partial charge in [0.25, 0.3) is 0 Å². The summed E-state index contributed by atoms with van der Waals surface area (Å²) in [6, 6.07) is 14.4. The fourth-order valence-electron chi connectivity index (χ4n) is 2.74. The molecule has 124 valence electrons. The Balaban J connectivity index is 2.12. The molecule has 0 unspecified atom stereocenters. The van der Waals surface area contributed by atoms with Crippen LogP contribution in [-0.4, -0.2) is 17.8 Å². The highest BCUT2D eigenvalue weighted by Gasteiger charge is 2.26. The van der Waals surface area contributed by atoms with Gasteiger partial charge in [-0.05, 0) is 49.1 Å². The summed E-state index contributed by atoms with van der Waals surface area (Å²) in [7, 11) is 0. The maximum Gasteiger partial charge on any atom is 0.125 e. The molecule has 2 nitrogen and oxygen atoms in total. The number of hydrogen-bond acceptors (Lipinski definition) is 2. The average molecular weight is 316 g/mol. The minimum absolute atomic E-state index is 0.0437. The van der Waals surface area contributed by atoms with Crippen LogP contribution in [0.4, 0.5) is 4.39 Å². The molecule has 0 aromatic heterocycles. The molecule has 0 aliphatic heterocycles. The number of halogens is 1. The van der Waals surface area contributed by atoms with Gasteiger partial charge in [-0.2, -0.15) is 0 Å². The van der Waals surface area contributed by atoms with E-state index in [1.807, 2.05) is 31.2 Å². The van der Waals surface area contributed by atoms with E-state index in [4.69, 9.17) is 4.74 Å². The zero-order chi connectivity index (χ0) is 16.8. The molecule has 0 aliphatic rings. The summed E-state index contributed by atoms with van der Waals surface area (Å²) in [6.07, 6.45) is 0.456. The molecule has 23 heavy (non-hydrogen) atoms. The Kier molecular flexibility index (Phi) is 6.17. The molecule has 3 heteroatoms. The maximum absolute atomic E-state index is 13.1. The molecule has 2 rings (SSSR count). The van der Waals surface area contributed by atoms with Crippen LogP contribution in [0.5, 0.6) is 5.75 Å². The molecule has 2 aromatic rings. The van der Waals surface area contributed by atoms with Crippen molar-refractivity contribution in [1.29, 1.82) is 0 Å². The Morgan fingerprint density at radius 2 is 1.61 bits per heavy atom. The molecule has 0 radical (unpaired) electrons. The van der Waals surface area contributed by atoms with E-state index in [0.29, 0.717) is 5.92 Å². The molecular weight excluding hydrogens is 291 g/mol. The van der Waals surface area contributed by atoms with Crippen LogP contribution in [0.1, 0.15) is 25.0 Å². The van der Waals surface area contributed by atoms with Crippen molar-refractivity contribution in [2.75, 3.05) is 6.61 Å². The summed E-state index contributed by atoms with van der Waals surface area (Å²) in [5, 5.41) is 9.80. The van der Waals surface area contributed by atoms with Gasteiger partial charge in [0.2, 0.25) is 0 Å². The topological polar surface area (TPSA) is 29.5 Å². The maximum atomic E-state index is 13.1. The first kappa shape index (κ1) is 17.5. The Bertz CT molecular complexity index is 590. The molecule has 0 saturated heterocycles. The van der Waals surface area contributed by atoms with Gasteiger partial charge in [-0.25, -0.2) is 4.39 Å². The number of rotatable bonds is 7. The highest BCUT2D eigenvalue weighted by molar-refractivity contribution is 5.26. The van der Waals surface area contributed by atoms with Gasteiger partial charge in [0.1, 0.15) is 17.7 Å². The van der Waals surface area contributed by atoms with Crippen molar-refractivity contribution in [2.45, 2.75) is 33.3 Å². The molecule has 0 amide bonds. The van der Waals surface area contributed by atoms with Crippen LogP contribution in [0, 0.1) is 24.6 Å². The van der Waals surface area contributed by atoms with Gasteiger partial charge in [0, 0.05) is 5.92 Å². The van der Waals surface area contributed by atoms with E-state index in [1.54, 1.807) is 12.1 Å². The van der Waals surface area contributed by atoms with E-state index < -0.39 is 0 Å². The van der Waals surface area contributed by atoms with Crippen LogP contribution >= 0.6 is 0 Å².